The van der Waals surface area contributed by atoms with E-state index in [9.17, 15) is 4.79 Å². The van der Waals surface area contributed by atoms with Gasteiger partial charge in [0.05, 0.1) is 13.0 Å². The van der Waals surface area contributed by atoms with Gasteiger partial charge in [-0.1, -0.05) is 47.6 Å². The number of methoxy groups -OCH3 is 1. The van der Waals surface area contributed by atoms with Crippen LogP contribution in [-0.2, 0) is 9.53 Å². The summed E-state index contributed by atoms with van der Waals surface area (Å²) in [4.78, 5) is 11.7. The van der Waals surface area contributed by atoms with Crippen molar-refractivity contribution < 1.29 is 9.53 Å². The van der Waals surface area contributed by atoms with Crippen LogP contribution in [0.25, 0.3) is 0 Å². The lowest BCUT2D eigenvalue weighted by Gasteiger charge is -2.16. The van der Waals surface area contributed by atoms with Gasteiger partial charge in [-0.05, 0) is 19.3 Å². The van der Waals surface area contributed by atoms with E-state index in [0.717, 1.165) is 19.3 Å². The molecule has 0 saturated carbocycles. The van der Waals surface area contributed by atoms with Crippen molar-refractivity contribution >= 4 is 5.97 Å². The fourth-order valence-corrected chi connectivity index (χ4v) is 2.14. The molecule has 0 radical (unpaired) electrons. The summed E-state index contributed by atoms with van der Waals surface area (Å²) in [7, 11) is 1.46. The molecule has 1 atom stereocenters. The number of hydrogen-bond acceptors (Lipinski definition) is 2. The van der Waals surface area contributed by atoms with E-state index < -0.39 is 0 Å². The molecule has 0 saturated heterocycles. The van der Waals surface area contributed by atoms with E-state index in [1.54, 1.807) is 0 Å². The van der Waals surface area contributed by atoms with Gasteiger partial charge in [0.25, 0.3) is 0 Å². The second kappa shape index (κ2) is 4.97. The van der Waals surface area contributed by atoms with Gasteiger partial charge in [-0.2, -0.15) is 0 Å². The Morgan fingerprint density at radius 2 is 2.06 bits per heavy atom. The number of esters is 1. The molecule has 16 heavy (non-hydrogen) atoms. The van der Waals surface area contributed by atoms with Crippen LogP contribution in [0.2, 0.25) is 0 Å². The second-order valence-electron chi connectivity index (χ2n) is 4.11. The third kappa shape index (κ3) is 2.32. The van der Waals surface area contributed by atoms with Crippen molar-refractivity contribution in [1.29, 1.82) is 0 Å². The summed E-state index contributed by atoms with van der Waals surface area (Å²) in [5.41, 5.74) is 2.47. The zero-order valence-electron chi connectivity index (χ0n) is 9.48. The second-order valence-corrected chi connectivity index (χ2v) is 4.11. The predicted molar refractivity (Wildman–Crippen MR) is 63.8 cm³/mol. The molecule has 2 aliphatic rings. The topological polar surface area (TPSA) is 26.3 Å². The first-order chi connectivity index (χ1) is 7.81. The van der Waals surface area contributed by atoms with Gasteiger partial charge < -0.3 is 4.74 Å². The number of allylic oxidation sites excluding steroid dienone is 7. The van der Waals surface area contributed by atoms with Crippen LogP contribution < -0.4 is 0 Å². The third-order valence-electron chi connectivity index (χ3n) is 3.05. The molecule has 2 heteroatoms. The highest BCUT2D eigenvalue weighted by atomic mass is 16.5. The fourth-order valence-electron chi connectivity index (χ4n) is 2.14. The summed E-state index contributed by atoms with van der Waals surface area (Å²) >= 11 is 0. The molecule has 84 valence electrons. The molecule has 0 heterocycles. The van der Waals surface area contributed by atoms with Crippen molar-refractivity contribution in [3.63, 3.8) is 0 Å². The molecule has 1 unspecified atom stereocenters. The molecule has 2 nitrogen and oxygen atoms in total. The van der Waals surface area contributed by atoms with Crippen LogP contribution >= 0.6 is 0 Å². The molecule has 0 bridgehead atoms. The molecular formula is C14H16O2. The molecule has 0 amide bonds. The maximum atomic E-state index is 11.7. The van der Waals surface area contributed by atoms with Crippen molar-refractivity contribution in [3.8, 4) is 0 Å². The smallest absolute Gasteiger partial charge is 0.313 e. The van der Waals surface area contributed by atoms with E-state index in [-0.39, 0.29) is 11.9 Å². The van der Waals surface area contributed by atoms with Crippen LogP contribution in [0.1, 0.15) is 19.3 Å². The highest BCUT2D eigenvalue weighted by molar-refractivity contribution is 5.76. The fraction of sp³-hybridized carbons (Fsp3) is 0.357. The zero-order valence-corrected chi connectivity index (χ0v) is 9.48. The third-order valence-corrected chi connectivity index (χ3v) is 3.05. The average molecular weight is 216 g/mol. The largest absolute Gasteiger partial charge is 0.469 e. The number of carbonyl (C=O) groups excluding carboxylic acids is 1. The Morgan fingerprint density at radius 3 is 2.62 bits per heavy atom. The first-order valence-electron chi connectivity index (χ1n) is 5.59. The van der Waals surface area contributed by atoms with Gasteiger partial charge >= 0.3 is 5.97 Å². The Balaban J connectivity index is 2.05. The van der Waals surface area contributed by atoms with Crippen molar-refractivity contribution in [2.75, 3.05) is 7.11 Å². The van der Waals surface area contributed by atoms with Gasteiger partial charge in [-0.25, -0.2) is 0 Å². The highest BCUT2D eigenvalue weighted by Gasteiger charge is 2.25. The first kappa shape index (κ1) is 10.9. The summed E-state index contributed by atoms with van der Waals surface area (Å²) in [6.07, 6.45) is 15.0. The normalized spacial score (nSPS) is 19.6. The summed E-state index contributed by atoms with van der Waals surface area (Å²) in [6.45, 7) is 0. The van der Waals surface area contributed by atoms with Crippen LogP contribution in [0.15, 0.2) is 47.6 Å². The minimum Gasteiger partial charge on any atom is -0.469 e. The minimum absolute atomic E-state index is 0.105. The molecule has 0 aromatic carbocycles. The Hall–Kier alpha value is -1.57. The van der Waals surface area contributed by atoms with Crippen LogP contribution in [0, 0.1) is 5.92 Å². The maximum Gasteiger partial charge on any atom is 0.313 e. The molecule has 0 aromatic heterocycles. The van der Waals surface area contributed by atoms with Crippen molar-refractivity contribution in [2.45, 2.75) is 19.3 Å². The van der Waals surface area contributed by atoms with E-state index in [1.807, 2.05) is 18.2 Å². The number of ether oxygens (including phenoxy) is 1. The number of rotatable bonds is 4. The molecular weight excluding hydrogens is 200 g/mol. The van der Waals surface area contributed by atoms with Gasteiger partial charge in [-0.15, -0.1) is 0 Å². The van der Waals surface area contributed by atoms with Gasteiger partial charge in [-0.3, -0.25) is 4.79 Å². The van der Waals surface area contributed by atoms with E-state index in [2.05, 4.69) is 18.2 Å². The zero-order chi connectivity index (χ0) is 11.4. The SMILES string of the molecule is COC(=O)C(CC1=CC=CC1)C1=CC=CC1. The quantitative estimate of drug-likeness (QED) is 0.675. The van der Waals surface area contributed by atoms with Crippen LogP contribution in [0.4, 0.5) is 0 Å². The molecule has 0 aliphatic heterocycles. The Bertz CT molecular complexity index is 397. The summed E-state index contributed by atoms with van der Waals surface area (Å²) < 4.78 is 4.88. The average Bonchev–Trinajstić information content (AvgIpc) is 2.97. The van der Waals surface area contributed by atoms with Gasteiger partial charge in [0, 0.05) is 0 Å². The van der Waals surface area contributed by atoms with Gasteiger partial charge in [0.15, 0.2) is 0 Å². The van der Waals surface area contributed by atoms with Crippen LogP contribution in [0.3, 0.4) is 0 Å². The summed E-state index contributed by atoms with van der Waals surface area (Å²) in [6, 6.07) is 0. The molecule has 0 aromatic rings. The number of carbonyl (C=O) groups is 1. The van der Waals surface area contributed by atoms with Crippen molar-refractivity contribution in [2.24, 2.45) is 5.92 Å². The van der Waals surface area contributed by atoms with Crippen molar-refractivity contribution in [1.82, 2.24) is 0 Å². The maximum absolute atomic E-state index is 11.7. The van der Waals surface area contributed by atoms with Crippen LogP contribution in [0.5, 0.6) is 0 Å². The molecule has 0 N–H and O–H groups in total. The highest BCUT2D eigenvalue weighted by Crippen LogP contribution is 2.29. The first-order valence-corrected chi connectivity index (χ1v) is 5.59. The standard InChI is InChI=1S/C14H16O2/c1-16-14(15)13(12-8-4-5-9-12)10-11-6-2-3-7-11/h2-6,8,13H,7,9-10H2,1H3. The van der Waals surface area contributed by atoms with E-state index in [4.69, 9.17) is 4.74 Å². The molecule has 0 fully saturated rings. The Kier molecular flexibility index (Phi) is 3.40. The van der Waals surface area contributed by atoms with E-state index in [1.165, 1.54) is 18.3 Å². The van der Waals surface area contributed by atoms with Gasteiger partial charge in [0.1, 0.15) is 0 Å². The lowest BCUT2D eigenvalue weighted by molar-refractivity contribution is -0.144. The lowest BCUT2D eigenvalue weighted by Crippen LogP contribution is -2.18. The summed E-state index contributed by atoms with van der Waals surface area (Å²) in [5.74, 6) is -0.228. The predicted octanol–water partition coefficient (Wildman–Crippen LogP) is 2.94. The summed E-state index contributed by atoms with van der Waals surface area (Å²) in [5, 5.41) is 0. The minimum atomic E-state index is -0.122. The molecule has 0 spiro atoms. The van der Waals surface area contributed by atoms with Gasteiger partial charge in [0.2, 0.25) is 0 Å². The lowest BCUT2D eigenvalue weighted by atomic mass is 9.90. The monoisotopic (exact) mass is 216 g/mol. The Labute approximate surface area is 96.0 Å². The van der Waals surface area contributed by atoms with Crippen molar-refractivity contribution in [3.05, 3.63) is 47.6 Å². The van der Waals surface area contributed by atoms with E-state index >= 15 is 0 Å². The van der Waals surface area contributed by atoms with E-state index in [0.29, 0.717) is 0 Å². The molecule has 2 aliphatic carbocycles. The number of hydrogen-bond donors (Lipinski definition) is 0. The van der Waals surface area contributed by atoms with Crippen LogP contribution in [-0.4, -0.2) is 13.1 Å². The Morgan fingerprint density at radius 1 is 1.31 bits per heavy atom. The molecule has 2 rings (SSSR count).